The van der Waals surface area contributed by atoms with Crippen molar-refractivity contribution in [1.29, 1.82) is 0 Å². The quantitative estimate of drug-likeness (QED) is 0.419. The molecule has 2 rings (SSSR count). The molecule has 2 aliphatic rings. The zero-order valence-corrected chi connectivity index (χ0v) is 10.6. The summed E-state index contributed by atoms with van der Waals surface area (Å²) in [6, 6.07) is 0. The predicted octanol–water partition coefficient (Wildman–Crippen LogP) is -1.74. The third kappa shape index (κ3) is 2.45. The van der Waals surface area contributed by atoms with E-state index in [9.17, 15) is 0 Å². The molecule has 0 spiro atoms. The van der Waals surface area contributed by atoms with Crippen LogP contribution in [0.4, 0.5) is 0 Å². The van der Waals surface area contributed by atoms with Crippen molar-refractivity contribution in [2.24, 2.45) is 5.92 Å². The lowest BCUT2D eigenvalue weighted by Crippen LogP contribution is -3.00. The third-order valence-corrected chi connectivity index (χ3v) is 3.08. The number of ether oxygens (including phenoxy) is 1. The second-order valence-corrected chi connectivity index (χ2v) is 5.70. The van der Waals surface area contributed by atoms with Crippen LogP contribution in [0.1, 0.15) is 19.8 Å². The highest BCUT2D eigenvalue weighted by molar-refractivity contribution is 5.06. The Morgan fingerprint density at radius 3 is 2.38 bits per heavy atom. The van der Waals surface area contributed by atoms with Gasteiger partial charge >= 0.3 is 0 Å². The highest BCUT2D eigenvalue weighted by Gasteiger charge is 2.59. The second-order valence-electron chi connectivity index (χ2n) is 5.70. The van der Waals surface area contributed by atoms with Crippen LogP contribution in [0.25, 0.3) is 0 Å². The van der Waals surface area contributed by atoms with Crippen LogP contribution in [0.3, 0.4) is 0 Å². The molecule has 1 heterocycles. The summed E-state index contributed by atoms with van der Waals surface area (Å²) < 4.78 is 6.67. The zero-order chi connectivity index (χ0) is 8.98. The van der Waals surface area contributed by atoms with Crippen LogP contribution in [-0.4, -0.2) is 43.9 Å². The van der Waals surface area contributed by atoms with Crippen molar-refractivity contribution in [2.75, 3.05) is 27.7 Å². The van der Waals surface area contributed by atoms with Crippen LogP contribution in [0.5, 0.6) is 0 Å². The summed E-state index contributed by atoms with van der Waals surface area (Å²) in [5.41, 5.74) is 0.292. The lowest BCUT2D eigenvalue weighted by molar-refractivity contribution is -0.873. The minimum atomic E-state index is 0. The molecule has 0 N–H and O–H groups in total. The summed E-state index contributed by atoms with van der Waals surface area (Å²) in [5, 5.41) is 0. The van der Waals surface area contributed by atoms with Gasteiger partial charge in [0.25, 0.3) is 0 Å². The number of rotatable bonds is 2. The van der Waals surface area contributed by atoms with Gasteiger partial charge in [0.1, 0.15) is 0 Å². The zero-order valence-electron chi connectivity index (χ0n) is 9.01. The Balaban J connectivity index is 0.000000845. The summed E-state index contributed by atoms with van der Waals surface area (Å²) in [5.74, 6) is 0.897. The normalized spacial score (nSPS) is 42.5. The highest BCUT2D eigenvalue weighted by atomic mass is 79.9. The van der Waals surface area contributed by atoms with Gasteiger partial charge < -0.3 is 26.2 Å². The molecule has 78 valence electrons. The number of fused-ring (bicyclic) bond motifs is 1. The Bertz CT molecular complexity index is 202. The molecular formula is C10H20BrNO. The molecular weight excluding hydrogens is 230 g/mol. The molecule has 0 aromatic rings. The van der Waals surface area contributed by atoms with E-state index in [1.165, 1.54) is 19.4 Å². The summed E-state index contributed by atoms with van der Waals surface area (Å²) in [6.45, 7) is 3.56. The average Bonchev–Trinajstić information content (AvgIpc) is 2.27. The monoisotopic (exact) mass is 249 g/mol. The first-order valence-corrected chi connectivity index (χ1v) is 4.87. The molecule has 0 unspecified atom stereocenters. The highest BCUT2D eigenvalue weighted by Crippen LogP contribution is 2.52. The first kappa shape index (κ1) is 11.5. The second kappa shape index (κ2) is 3.21. The Hall–Kier alpha value is 0.400. The average molecular weight is 250 g/mol. The fourth-order valence-corrected chi connectivity index (χ4v) is 2.64. The van der Waals surface area contributed by atoms with Gasteiger partial charge in [-0.05, 0) is 19.8 Å². The molecule has 2 nitrogen and oxygen atoms in total. The van der Waals surface area contributed by atoms with Crippen LogP contribution in [0.2, 0.25) is 0 Å². The van der Waals surface area contributed by atoms with Gasteiger partial charge in [0.05, 0.1) is 39.4 Å². The molecule has 1 aliphatic heterocycles. The number of hydrogen-bond donors (Lipinski definition) is 0. The Labute approximate surface area is 91.6 Å². The van der Waals surface area contributed by atoms with Crippen molar-refractivity contribution in [3.8, 4) is 0 Å². The van der Waals surface area contributed by atoms with Crippen LogP contribution in [0, 0.1) is 5.92 Å². The summed E-state index contributed by atoms with van der Waals surface area (Å²) >= 11 is 0. The minimum absolute atomic E-state index is 0. The van der Waals surface area contributed by atoms with E-state index in [1.54, 1.807) is 0 Å². The smallest absolute Gasteiger partial charge is 0.0925 e. The molecule has 3 heteroatoms. The maximum Gasteiger partial charge on any atom is 0.0925 e. The van der Waals surface area contributed by atoms with Gasteiger partial charge in [-0.25, -0.2) is 0 Å². The predicted molar refractivity (Wildman–Crippen MR) is 48.9 cm³/mol. The molecule has 0 aromatic carbocycles. The topological polar surface area (TPSA) is 12.5 Å². The molecule has 0 bridgehead atoms. The van der Waals surface area contributed by atoms with Gasteiger partial charge in [0.15, 0.2) is 0 Å². The van der Waals surface area contributed by atoms with Crippen LogP contribution < -0.4 is 17.0 Å². The number of nitrogens with zero attached hydrogens (tertiary/aromatic N) is 1. The van der Waals surface area contributed by atoms with Crippen molar-refractivity contribution < 1.29 is 26.2 Å². The minimum Gasteiger partial charge on any atom is -1.00 e. The van der Waals surface area contributed by atoms with E-state index < -0.39 is 0 Å². The first-order chi connectivity index (χ1) is 5.39. The third-order valence-electron chi connectivity index (χ3n) is 3.08. The van der Waals surface area contributed by atoms with Gasteiger partial charge in [-0.3, -0.25) is 0 Å². The van der Waals surface area contributed by atoms with Crippen molar-refractivity contribution in [1.82, 2.24) is 0 Å². The van der Waals surface area contributed by atoms with E-state index in [0.717, 1.165) is 10.4 Å². The van der Waals surface area contributed by atoms with Gasteiger partial charge in [-0.15, -0.1) is 0 Å². The Morgan fingerprint density at radius 2 is 2.00 bits per heavy atom. The fourth-order valence-electron chi connectivity index (χ4n) is 2.64. The Morgan fingerprint density at radius 1 is 1.38 bits per heavy atom. The lowest BCUT2D eigenvalue weighted by atomic mass is 10.0. The molecule has 1 aliphatic carbocycles. The van der Waals surface area contributed by atoms with Crippen molar-refractivity contribution in [2.45, 2.75) is 31.5 Å². The van der Waals surface area contributed by atoms with E-state index in [1.807, 2.05) is 0 Å². The molecule has 1 saturated heterocycles. The summed E-state index contributed by atoms with van der Waals surface area (Å²) in [7, 11) is 6.81. The van der Waals surface area contributed by atoms with E-state index in [0.29, 0.717) is 11.7 Å². The van der Waals surface area contributed by atoms with Gasteiger partial charge in [-0.2, -0.15) is 0 Å². The lowest BCUT2D eigenvalue weighted by Gasteiger charge is -2.28. The molecule has 0 aromatic heterocycles. The fraction of sp³-hybridized carbons (Fsp3) is 1.00. The number of hydrogen-bond acceptors (Lipinski definition) is 1. The number of halogens is 1. The Kier molecular flexibility index (Phi) is 2.83. The molecule has 1 saturated carbocycles. The molecule has 0 radical (unpaired) electrons. The first-order valence-electron chi connectivity index (χ1n) is 4.87. The summed E-state index contributed by atoms with van der Waals surface area (Å²) in [6.07, 6.45) is 3.19. The van der Waals surface area contributed by atoms with E-state index in [2.05, 4.69) is 28.1 Å². The molecule has 0 amide bonds. The van der Waals surface area contributed by atoms with Crippen LogP contribution in [0.15, 0.2) is 0 Å². The van der Waals surface area contributed by atoms with Crippen molar-refractivity contribution in [3.63, 3.8) is 0 Å². The van der Waals surface area contributed by atoms with Gasteiger partial charge in [-0.1, -0.05) is 0 Å². The van der Waals surface area contributed by atoms with Gasteiger partial charge in [0.2, 0.25) is 0 Å². The van der Waals surface area contributed by atoms with E-state index in [-0.39, 0.29) is 17.0 Å². The van der Waals surface area contributed by atoms with Crippen molar-refractivity contribution >= 4 is 0 Å². The number of quaternary nitrogens is 1. The number of epoxide rings is 1. The van der Waals surface area contributed by atoms with E-state index in [4.69, 9.17) is 4.74 Å². The van der Waals surface area contributed by atoms with Crippen LogP contribution >= 0.6 is 0 Å². The maximum absolute atomic E-state index is 5.58. The maximum atomic E-state index is 5.58. The van der Waals surface area contributed by atoms with Gasteiger partial charge in [0, 0.05) is 5.92 Å². The SMILES string of the molecule is C[C@]12C[C@H](C[N+](C)(C)C)C[C@H]1O2.[Br-]. The standard InChI is InChI=1S/C10H20NO.BrH/c1-10-6-8(5-9(10)12-10)7-11(2,3)4;/h8-9H,5-7H2,1-4H3;1H/q+1;/p-1/t8-,9-,10+;/m1./s1. The molecule has 13 heavy (non-hydrogen) atoms. The molecule has 2 fully saturated rings. The van der Waals surface area contributed by atoms with Crippen molar-refractivity contribution in [3.05, 3.63) is 0 Å². The molecule has 3 atom stereocenters. The van der Waals surface area contributed by atoms with Crippen LogP contribution in [-0.2, 0) is 4.74 Å². The van der Waals surface area contributed by atoms with E-state index >= 15 is 0 Å². The largest absolute Gasteiger partial charge is 1.00 e. The summed E-state index contributed by atoms with van der Waals surface area (Å²) in [4.78, 5) is 0.